The Morgan fingerprint density at radius 1 is 1.03 bits per heavy atom. The summed E-state index contributed by atoms with van der Waals surface area (Å²) >= 11 is 2.00. The number of fused-ring (bicyclic) bond motifs is 1. The van der Waals surface area contributed by atoms with Crippen LogP contribution in [0.3, 0.4) is 0 Å². The number of aryl methyl sites for hydroxylation is 2. The first kappa shape index (κ1) is 50.6. The van der Waals surface area contributed by atoms with E-state index in [-0.39, 0.29) is 36.8 Å². The number of piperazine rings is 1. The fourth-order valence-corrected chi connectivity index (χ4v) is 10.6. The number of pyridine rings is 2. The lowest BCUT2D eigenvalue weighted by atomic mass is 9.94. The number of thioether (sulfide) groups is 1. The lowest BCUT2D eigenvalue weighted by Gasteiger charge is -2.36. The van der Waals surface area contributed by atoms with Crippen LogP contribution >= 0.6 is 11.8 Å². The number of aliphatic hydroxyl groups is 1. The Hall–Kier alpha value is -4.77. The third-order valence-electron chi connectivity index (χ3n) is 13.3. The fourth-order valence-electron chi connectivity index (χ4n) is 9.54. The summed E-state index contributed by atoms with van der Waals surface area (Å²) in [5, 5.41) is 23.5. The van der Waals surface area contributed by atoms with Crippen LogP contribution in [0.5, 0.6) is 0 Å². The molecule has 2 aromatic heterocycles. The number of hydrogen-bond acceptors (Lipinski definition) is 12. The molecule has 3 amide bonds. The third-order valence-corrected chi connectivity index (χ3v) is 14.4. The third kappa shape index (κ3) is 15.9. The molecule has 15 nitrogen and oxygen atoms in total. The highest BCUT2D eigenvalue weighted by atomic mass is 32.2. The van der Waals surface area contributed by atoms with Crippen molar-refractivity contribution in [3.05, 3.63) is 83.3 Å². The molecule has 5 aliphatic heterocycles. The van der Waals surface area contributed by atoms with Gasteiger partial charge in [0.25, 0.3) is 0 Å². The second-order valence-corrected chi connectivity index (χ2v) is 19.2. The Bertz CT molecular complexity index is 1970. The first-order valence-electron chi connectivity index (χ1n) is 24.1. The maximum absolute atomic E-state index is 12.9. The predicted molar refractivity (Wildman–Crippen MR) is 260 cm³/mol. The number of carbonyl (C=O) groups is 4. The number of aliphatic carboxylic acids is 1. The average Bonchev–Trinajstić information content (AvgIpc) is 3.96. The summed E-state index contributed by atoms with van der Waals surface area (Å²) in [7, 11) is 1.85. The van der Waals surface area contributed by atoms with Crippen LogP contribution in [0, 0.1) is 5.92 Å². The number of aliphatic hydroxyl groups excluding tert-OH is 1. The van der Waals surface area contributed by atoms with Crippen molar-refractivity contribution in [3.63, 3.8) is 0 Å². The monoisotopic (exact) mass is 929 g/mol. The molecule has 0 bridgehead atoms. The van der Waals surface area contributed by atoms with E-state index in [1.165, 1.54) is 29.2 Å². The molecule has 66 heavy (non-hydrogen) atoms. The summed E-state index contributed by atoms with van der Waals surface area (Å²) in [5.41, 5.74) is 5.85. The zero-order chi connectivity index (χ0) is 46.5. The number of rotatable bonds is 18. The number of carboxylic acids is 1. The van der Waals surface area contributed by atoms with Gasteiger partial charge in [-0.15, -0.1) is 0 Å². The van der Waals surface area contributed by atoms with Gasteiger partial charge in [0.1, 0.15) is 5.82 Å². The molecule has 5 aliphatic rings. The van der Waals surface area contributed by atoms with Gasteiger partial charge in [-0.2, -0.15) is 11.8 Å². The number of amides is 3. The molecule has 7 heterocycles. The average molecular weight is 929 g/mol. The van der Waals surface area contributed by atoms with Gasteiger partial charge in [-0.3, -0.25) is 24.2 Å². The lowest BCUT2D eigenvalue weighted by molar-refractivity contribution is -0.137. The maximum Gasteiger partial charge on any atom is 0.304 e. The van der Waals surface area contributed by atoms with Gasteiger partial charge in [0.05, 0.1) is 25.2 Å². The second-order valence-electron chi connectivity index (χ2n) is 18.0. The smallest absolute Gasteiger partial charge is 0.304 e. The number of carbonyl (C=O) groups excluding carboxylic acids is 3. The van der Waals surface area contributed by atoms with E-state index < -0.39 is 5.97 Å². The Kier molecular flexibility index (Phi) is 20.8. The quantitative estimate of drug-likeness (QED) is 0.0943. The van der Waals surface area contributed by atoms with Crippen LogP contribution in [0.25, 0.3) is 0 Å². The van der Waals surface area contributed by atoms with Crippen molar-refractivity contribution in [2.24, 2.45) is 5.92 Å². The molecule has 0 spiro atoms. The molecule has 3 atom stereocenters. The molecular formula is C50H72N8O7S. The Morgan fingerprint density at radius 2 is 1.86 bits per heavy atom. The van der Waals surface area contributed by atoms with Crippen LogP contribution in [0.1, 0.15) is 98.6 Å². The van der Waals surface area contributed by atoms with E-state index in [4.69, 9.17) is 14.8 Å². The molecule has 4 N–H and O–H groups in total. The normalized spacial score (nSPS) is 20.3. The van der Waals surface area contributed by atoms with E-state index in [2.05, 4.69) is 61.8 Å². The van der Waals surface area contributed by atoms with Crippen molar-refractivity contribution in [1.82, 2.24) is 30.0 Å². The van der Waals surface area contributed by atoms with E-state index >= 15 is 0 Å². The highest BCUT2D eigenvalue weighted by Gasteiger charge is 2.30. The first-order chi connectivity index (χ1) is 32.2. The number of nitrogens with one attached hydrogen (secondary N) is 2. The SMILES string of the molecule is CN1C(=O)CCC1c1cccnc1.O=C(O)CC(CN1CCC(CCc2ccc3c(n2)NCCC3)C1)c1cccc(N2CCN(C(=O)CCCOC3CCSCC3)CC2)c1.O=CNCCO. The number of anilines is 2. The van der Waals surface area contributed by atoms with Crippen LogP contribution in [0.4, 0.5) is 11.5 Å². The zero-order valence-corrected chi connectivity index (χ0v) is 39.7. The van der Waals surface area contributed by atoms with E-state index in [0.29, 0.717) is 44.4 Å². The standard InChI is InChI=1S/C37H53N5O4S.C10H12N2O.C3H7NO2/c43-35(7-3-21-46-34-13-22-47-23-14-34)42-19-17-41(18-20-42)33-6-1-4-30(24-33)31(25-36(44)45)27-40-16-12-28(26-40)8-10-32-11-9-29-5-2-15-38-37(29)39-32;1-12-9(4-5-10(12)13)8-3-2-6-11-7-8;5-2-1-4-3-6/h1,4,6,9,11,24,28,31,34H,2-3,5,7-8,10,12-23,25-27H2,(H,38,39)(H,44,45);2-3,6-7,9H,4-5H2,1H3;3,5H,1-2H2,(H,4,6). The molecule has 360 valence electrons. The number of aromatic nitrogens is 2. The number of ether oxygens (including phenoxy) is 1. The minimum absolute atomic E-state index is 0.0126. The Morgan fingerprint density at radius 3 is 2.58 bits per heavy atom. The molecule has 1 aromatic carbocycles. The van der Waals surface area contributed by atoms with Crippen molar-refractivity contribution in [2.45, 2.75) is 95.1 Å². The molecule has 4 fully saturated rings. The highest BCUT2D eigenvalue weighted by Crippen LogP contribution is 2.32. The van der Waals surface area contributed by atoms with Crippen molar-refractivity contribution >= 4 is 47.5 Å². The second kappa shape index (κ2) is 27.1. The van der Waals surface area contributed by atoms with Gasteiger partial charge in [-0.1, -0.05) is 24.3 Å². The summed E-state index contributed by atoms with van der Waals surface area (Å²) in [6, 6.07) is 17.1. The molecular weight excluding hydrogens is 857 g/mol. The minimum Gasteiger partial charge on any atom is -0.481 e. The number of benzene rings is 1. The van der Waals surface area contributed by atoms with Gasteiger partial charge >= 0.3 is 5.97 Å². The molecule has 0 radical (unpaired) electrons. The van der Waals surface area contributed by atoms with Crippen LogP contribution in [0.2, 0.25) is 0 Å². The van der Waals surface area contributed by atoms with Crippen LogP contribution in [0.15, 0.2) is 60.9 Å². The molecule has 3 aromatic rings. The summed E-state index contributed by atoms with van der Waals surface area (Å²) < 4.78 is 6.00. The van der Waals surface area contributed by atoms with Gasteiger partial charge in [0, 0.05) is 109 Å². The number of hydrogen-bond donors (Lipinski definition) is 4. The van der Waals surface area contributed by atoms with Crippen molar-refractivity contribution in [3.8, 4) is 0 Å². The van der Waals surface area contributed by atoms with Gasteiger partial charge < -0.3 is 45.2 Å². The highest BCUT2D eigenvalue weighted by molar-refractivity contribution is 7.99. The summed E-state index contributed by atoms with van der Waals surface area (Å²) in [4.78, 5) is 63.0. The van der Waals surface area contributed by atoms with E-state index in [9.17, 15) is 24.3 Å². The lowest BCUT2D eigenvalue weighted by Crippen LogP contribution is -2.48. The van der Waals surface area contributed by atoms with Crippen molar-refractivity contribution in [1.29, 1.82) is 0 Å². The molecule has 4 saturated heterocycles. The van der Waals surface area contributed by atoms with E-state index in [1.807, 2.05) is 42.0 Å². The summed E-state index contributed by atoms with van der Waals surface area (Å²) in [6.07, 6.45) is 15.4. The van der Waals surface area contributed by atoms with Crippen LogP contribution < -0.4 is 15.5 Å². The van der Waals surface area contributed by atoms with Crippen LogP contribution in [-0.4, -0.2) is 156 Å². The summed E-state index contributed by atoms with van der Waals surface area (Å²) in [5.74, 6) is 3.69. The van der Waals surface area contributed by atoms with E-state index in [1.54, 1.807) is 11.1 Å². The topological polar surface area (TPSA) is 181 Å². The van der Waals surface area contributed by atoms with Gasteiger partial charge in [0.15, 0.2) is 0 Å². The summed E-state index contributed by atoms with van der Waals surface area (Å²) in [6.45, 7) is 7.85. The number of carboxylic acid groups (broad SMARTS) is 1. The van der Waals surface area contributed by atoms with Crippen molar-refractivity contribution < 1.29 is 34.1 Å². The zero-order valence-electron chi connectivity index (χ0n) is 38.9. The van der Waals surface area contributed by atoms with Gasteiger partial charge in [-0.05, 0) is 123 Å². The molecule has 8 rings (SSSR count). The largest absolute Gasteiger partial charge is 0.481 e. The maximum atomic E-state index is 12.9. The molecule has 0 aliphatic carbocycles. The minimum atomic E-state index is -0.751. The first-order valence-corrected chi connectivity index (χ1v) is 25.3. The number of nitrogens with zero attached hydrogens (tertiary/aromatic N) is 6. The molecule has 0 saturated carbocycles. The van der Waals surface area contributed by atoms with Crippen molar-refractivity contribution in [2.75, 3.05) is 101 Å². The Labute approximate surface area is 395 Å². The van der Waals surface area contributed by atoms with Gasteiger partial charge in [-0.25, -0.2) is 4.98 Å². The molecule has 3 unspecified atom stereocenters. The molecule has 16 heteroatoms. The Balaban J connectivity index is 0.000000313. The van der Waals surface area contributed by atoms with Gasteiger partial charge in [0.2, 0.25) is 18.2 Å². The fraction of sp³-hybridized carbons (Fsp3) is 0.600. The number of likely N-dealkylation sites (tertiary alicyclic amines) is 2. The predicted octanol–water partition coefficient (Wildman–Crippen LogP) is 5.39. The van der Waals surface area contributed by atoms with E-state index in [0.717, 1.165) is 126 Å². The van der Waals surface area contributed by atoms with Crippen LogP contribution in [-0.2, 0) is 36.8 Å².